The summed E-state index contributed by atoms with van der Waals surface area (Å²) in [7, 11) is 0. The summed E-state index contributed by atoms with van der Waals surface area (Å²) in [5, 5.41) is 21.6. The molecular weight excluding hydrogens is 391 g/mol. The number of amides is 1. The van der Waals surface area contributed by atoms with Crippen LogP contribution in [0.15, 0.2) is 59.1 Å². The average molecular weight is 410 g/mol. The maximum atomic E-state index is 13.3. The summed E-state index contributed by atoms with van der Waals surface area (Å²) in [6, 6.07) is 15.1. The Bertz CT molecular complexity index is 1010. The molecule has 0 aromatic heterocycles. The molecule has 7 heteroatoms. The van der Waals surface area contributed by atoms with E-state index in [1.807, 2.05) is 31.2 Å². The Morgan fingerprint density at radius 3 is 2.59 bits per heavy atom. The molecule has 0 aliphatic carbocycles. The molecule has 0 spiro atoms. The number of halogens is 1. The van der Waals surface area contributed by atoms with E-state index in [1.165, 1.54) is 40.9 Å². The molecule has 4 rings (SSSR count). The van der Waals surface area contributed by atoms with E-state index in [0.717, 1.165) is 11.3 Å². The van der Waals surface area contributed by atoms with Crippen molar-refractivity contribution in [1.82, 2.24) is 4.90 Å². The maximum absolute atomic E-state index is 13.3. The van der Waals surface area contributed by atoms with Crippen molar-refractivity contribution in [3.05, 3.63) is 76.1 Å². The van der Waals surface area contributed by atoms with E-state index in [2.05, 4.69) is 6.07 Å². The molecule has 2 aromatic carbocycles. The van der Waals surface area contributed by atoms with E-state index in [0.29, 0.717) is 22.8 Å². The van der Waals surface area contributed by atoms with E-state index >= 15 is 0 Å². The zero-order valence-corrected chi connectivity index (χ0v) is 16.6. The van der Waals surface area contributed by atoms with Gasteiger partial charge in [-0.15, -0.1) is 11.8 Å². The summed E-state index contributed by atoms with van der Waals surface area (Å²) >= 11 is 1.27. The predicted molar refractivity (Wildman–Crippen MR) is 107 cm³/mol. The van der Waals surface area contributed by atoms with E-state index in [9.17, 15) is 19.6 Å². The number of carbonyl (C=O) groups excluding carboxylic acids is 1. The Kier molecular flexibility index (Phi) is 5.07. The van der Waals surface area contributed by atoms with Crippen molar-refractivity contribution in [1.29, 1.82) is 5.26 Å². The molecule has 148 valence electrons. The van der Waals surface area contributed by atoms with E-state index in [4.69, 9.17) is 4.74 Å². The lowest BCUT2D eigenvalue weighted by molar-refractivity contribution is -0.149. The zero-order chi connectivity index (χ0) is 20.6. The number of nitriles is 1. The Labute approximate surface area is 172 Å². The number of hydrogen-bond acceptors (Lipinski definition) is 5. The van der Waals surface area contributed by atoms with Gasteiger partial charge in [-0.1, -0.05) is 24.3 Å². The Morgan fingerprint density at radius 1 is 1.28 bits per heavy atom. The standard InChI is InChI=1S/C22H19FN2O3S/c1-2-28-17-9-3-14(4-10-17)18-11-20(26)25-21(19(18)12-24)29-13-22(25,27)15-5-7-16(23)8-6-15/h3-10,18,27H,2,11,13H2,1H3. The second-order valence-corrected chi connectivity index (χ2v) is 7.89. The number of aliphatic hydroxyl groups is 1. The van der Waals surface area contributed by atoms with Gasteiger partial charge in [-0.05, 0) is 36.8 Å². The van der Waals surface area contributed by atoms with Crippen LogP contribution in [0.25, 0.3) is 0 Å². The number of hydrogen-bond donors (Lipinski definition) is 1. The highest BCUT2D eigenvalue weighted by Crippen LogP contribution is 2.51. The first kappa shape index (κ1) is 19.5. The van der Waals surface area contributed by atoms with Crippen molar-refractivity contribution >= 4 is 17.7 Å². The minimum Gasteiger partial charge on any atom is -0.494 e. The quantitative estimate of drug-likeness (QED) is 0.828. The number of rotatable bonds is 4. The molecule has 1 amide bonds. The van der Waals surface area contributed by atoms with Gasteiger partial charge in [0.1, 0.15) is 11.6 Å². The number of nitrogens with zero attached hydrogens (tertiary/aromatic N) is 2. The number of benzene rings is 2. The van der Waals surface area contributed by atoms with Gasteiger partial charge in [0, 0.05) is 17.9 Å². The van der Waals surface area contributed by atoms with Crippen LogP contribution in [0.3, 0.4) is 0 Å². The number of allylic oxidation sites excluding steroid dienone is 1. The molecule has 5 nitrogen and oxygen atoms in total. The molecule has 0 bridgehead atoms. The smallest absolute Gasteiger partial charge is 0.231 e. The first-order valence-corrected chi connectivity index (χ1v) is 10.3. The lowest BCUT2D eigenvalue weighted by Crippen LogP contribution is -2.48. The lowest BCUT2D eigenvalue weighted by Gasteiger charge is -2.38. The van der Waals surface area contributed by atoms with Gasteiger partial charge in [0.2, 0.25) is 5.91 Å². The van der Waals surface area contributed by atoms with E-state index < -0.39 is 11.5 Å². The SMILES string of the molecule is CCOc1ccc(C2CC(=O)N3C(=C2C#N)SCC3(O)c2ccc(F)cc2)cc1. The van der Waals surface area contributed by atoms with Crippen LogP contribution in [0, 0.1) is 17.1 Å². The molecule has 2 heterocycles. The summed E-state index contributed by atoms with van der Waals surface area (Å²) in [4.78, 5) is 14.4. The molecule has 1 N–H and O–H groups in total. The normalized spacial score (nSPS) is 23.7. The molecule has 29 heavy (non-hydrogen) atoms. The van der Waals surface area contributed by atoms with Crippen LogP contribution in [0.4, 0.5) is 4.39 Å². The van der Waals surface area contributed by atoms with Gasteiger partial charge in [-0.25, -0.2) is 4.39 Å². The van der Waals surface area contributed by atoms with Crippen molar-refractivity contribution in [2.75, 3.05) is 12.4 Å². The molecule has 2 aliphatic rings. The van der Waals surface area contributed by atoms with Crippen LogP contribution in [0.1, 0.15) is 30.4 Å². The van der Waals surface area contributed by atoms with Gasteiger partial charge >= 0.3 is 0 Å². The maximum Gasteiger partial charge on any atom is 0.231 e. The first-order chi connectivity index (χ1) is 14.0. The highest BCUT2D eigenvalue weighted by molar-refractivity contribution is 8.03. The van der Waals surface area contributed by atoms with Crippen molar-refractivity contribution in [2.24, 2.45) is 0 Å². The van der Waals surface area contributed by atoms with Crippen LogP contribution in [0.2, 0.25) is 0 Å². The lowest BCUT2D eigenvalue weighted by atomic mass is 9.85. The number of ether oxygens (including phenoxy) is 1. The van der Waals surface area contributed by atoms with Crippen molar-refractivity contribution in [2.45, 2.75) is 25.0 Å². The van der Waals surface area contributed by atoms with Crippen LogP contribution in [0.5, 0.6) is 5.75 Å². The van der Waals surface area contributed by atoms with Gasteiger partial charge in [0.05, 0.1) is 29.0 Å². The number of fused-ring (bicyclic) bond motifs is 1. The molecule has 2 unspecified atom stereocenters. The predicted octanol–water partition coefficient (Wildman–Crippen LogP) is 3.87. The second kappa shape index (κ2) is 7.54. The van der Waals surface area contributed by atoms with E-state index in [-0.39, 0.29) is 24.0 Å². The number of thioether (sulfide) groups is 1. The minimum atomic E-state index is -1.60. The van der Waals surface area contributed by atoms with Crippen molar-refractivity contribution in [3.8, 4) is 11.8 Å². The minimum absolute atomic E-state index is 0.0738. The topological polar surface area (TPSA) is 73.6 Å². The fourth-order valence-electron chi connectivity index (χ4n) is 3.80. The molecule has 2 aromatic rings. The van der Waals surface area contributed by atoms with Crippen LogP contribution in [-0.2, 0) is 10.5 Å². The van der Waals surface area contributed by atoms with Crippen LogP contribution >= 0.6 is 11.8 Å². The molecule has 2 aliphatic heterocycles. The molecular formula is C22H19FN2O3S. The Morgan fingerprint density at radius 2 is 1.97 bits per heavy atom. The van der Waals surface area contributed by atoms with Gasteiger partial charge in [0.15, 0.2) is 5.72 Å². The Balaban J connectivity index is 1.73. The summed E-state index contributed by atoms with van der Waals surface area (Å²) in [5.74, 6) is -0.155. The van der Waals surface area contributed by atoms with Crippen LogP contribution in [-0.4, -0.2) is 28.3 Å². The summed E-state index contributed by atoms with van der Waals surface area (Å²) in [6.45, 7) is 2.46. The molecule has 2 atom stereocenters. The molecule has 0 radical (unpaired) electrons. The number of carbonyl (C=O) groups is 1. The van der Waals surface area contributed by atoms with Crippen molar-refractivity contribution < 1.29 is 19.0 Å². The summed E-state index contributed by atoms with van der Waals surface area (Å²) in [5.41, 5.74) is 0.128. The fourth-order valence-corrected chi connectivity index (χ4v) is 5.16. The highest BCUT2D eigenvalue weighted by Gasteiger charge is 2.51. The fraction of sp³-hybridized carbons (Fsp3) is 0.273. The molecule has 0 saturated carbocycles. The molecule has 1 fully saturated rings. The molecule has 1 saturated heterocycles. The third-order valence-corrected chi connectivity index (χ3v) is 6.43. The largest absolute Gasteiger partial charge is 0.494 e. The van der Waals surface area contributed by atoms with Gasteiger partial charge < -0.3 is 9.84 Å². The summed E-state index contributed by atoms with van der Waals surface area (Å²) in [6.07, 6.45) is 0.0738. The Hall–Kier alpha value is -2.82. The van der Waals surface area contributed by atoms with Crippen LogP contribution < -0.4 is 4.74 Å². The highest BCUT2D eigenvalue weighted by atomic mass is 32.2. The van der Waals surface area contributed by atoms with Crippen molar-refractivity contribution in [3.63, 3.8) is 0 Å². The van der Waals surface area contributed by atoms with Gasteiger partial charge in [-0.3, -0.25) is 9.69 Å². The second-order valence-electron chi connectivity index (χ2n) is 6.93. The van der Waals surface area contributed by atoms with E-state index in [1.54, 1.807) is 0 Å². The third-order valence-electron chi connectivity index (χ3n) is 5.21. The zero-order valence-electron chi connectivity index (χ0n) is 15.8. The van der Waals surface area contributed by atoms with Gasteiger partial charge in [0.25, 0.3) is 0 Å². The summed E-state index contributed by atoms with van der Waals surface area (Å²) < 4.78 is 18.8. The first-order valence-electron chi connectivity index (χ1n) is 9.29. The monoisotopic (exact) mass is 410 g/mol. The average Bonchev–Trinajstić information content (AvgIpc) is 3.08. The third kappa shape index (κ3) is 3.28. The van der Waals surface area contributed by atoms with Gasteiger partial charge in [-0.2, -0.15) is 5.26 Å².